The van der Waals surface area contributed by atoms with Crippen molar-refractivity contribution in [2.45, 2.75) is 72.8 Å². The number of benzene rings is 1. The van der Waals surface area contributed by atoms with E-state index in [1.54, 1.807) is 0 Å². The van der Waals surface area contributed by atoms with Gasteiger partial charge in [0.2, 0.25) is 5.91 Å². The van der Waals surface area contributed by atoms with Crippen molar-refractivity contribution in [3.63, 3.8) is 0 Å². The molecule has 0 unspecified atom stereocenters. The monoisotopic (exact) mass is 479 g/mol. The largest absolute Gasteiger partial charge is 0.353 e. The third-order valence-corrected chi connectivity index (χ3v) is 6.52. The molecule has 0 aliphatic carbocycles. The van der Waals surface area contributed by atoms with Crippen LogP contribution in [0, 0.1) is 12.8 Å². The first-order valence-electron chi connectivity index (χ1n) is 12.7. The smallest absolute Gasteiger partial charge is 0.251 e. The summed E-state index contributed by atoms with van der Waals surface area (Å²) in [5.41, 5.74) is 2.72. The molecular weight excluding hydrogens is 438 g/mol. The van der Waals surface area contributed by atoms with Gasteiger partial charge in [-0.3, -0.25) is 9.59 Å². The normalized spacial score (nSPS) is 15.5. The number of rotatable bonds is 6. The van der Waals surface area contributed by atoms with E-state index in [-0.39, 0.29) is 29.1 Å². The zero-order valence-corrected chi connectivity index (χ0v) is 22.6. The lowest BCUT2D eigenvalue weighted by atomic mass is 9.86. The average Bonchev–Trinajstić information content (AvgIpc) is 2.81. The molecule has 0 radical (unpaired) electrons. The van der Waals surface area contributed by atoms with Crippen molar-refractivity contribution in [1.29, 1.82) is 0 Å². The number of amides is 2. The van der Waals surface area contributed by atoms with E-state index in [1.807, 2.05) is 56.0 Å². The van der Waals surface area contributed by atoms with Crippen LogP contribution in [0.1, 0.15) is 81.8 Å². The maximum atomic E-state index is 13.4. The summed E-state index contributed by atoms with van der Waals surface area (Å²) in [5, 5.41) is 2.99. The molecule has 1 aliphatic heterocycles. The highest BCUT2D eigenvalue weighted by Gasteiger charge is 2.31. The number of piperazine rings is 1. The topological polar surface area (TPSA) is 78.4 Å². The number of carbonyl (C=O) groups excluding carboxylic acids is 2. The molecule has 7 nitrogen and oxygen atoms in total. The summed E-state index contributed by atoms with van der Waals surface area (Å²) in [7, 11) is 0. The van der Waals surface area contributed by atoms with Gasteiger partial charge in [0.25, 0.3) is 5.91 Å². The highest BCUT2D eigenvalue weighted by molar-refractivity contribution is 5.97. The first kappa shape index (κ1) is 26.6. The van der Waals surface area contributed by atoms with E-state index in [1.165, 1.54) is 5.56 Å². The van der Waals surface area contributed by atoms with Crippen LogP contribution in [0.4, 0.5) is 5.82 Å². The minimum absolute atomic E-state index is 0.0172. The Morgan fingerprint density at radius 3 is 2.06 bits per heavy atom. The Morgan fingerprint density at radius 1 is 0.943 bits per heavy atom. The van der Waals surface area contributed by atoms with Crippen LogP contribution in [-0.2, 0) is 10.2 Å². The molecule has 7 heteroatoms. The second kappa shape index (κ2) is 10.8. The third kappa shape index (κ3) is 6.59. The Hall–Kier alpha value is -2.96. The van der Waals surface area contributed by atoms with Gasteiger partial charge in [0, 0.05) is 49.4 Å². The molecule has 0 bridgehead atoms. The molecule has 1 aromatic heterocycles. The molecule has 3 rings (SSSR count). The number of hydrogen-bond acceptors (Lipinski definition) is 5. The number of carbonyl (C=O) groups is 2. The van der Waals surface area contributed by atoms with Gasteiger partial charge in [0.15, 0.2) is 0 Å². The average molecular weight is 480 g/mol. The lowest BCUT2D eigenvalue weighted by molar-refractivity contribution is -0.134. The summed E-state index contributed by atoms with van der Waals surface area (Å²) in [5.74, 6) is 1.76. The van der Waals surface area contributed by atoms with E-state index in [2.05, 4.69) is 49.8 Å². The minimum atomic E-state index is -0.565. The molecule has 1 atom stereocenters. The highest BCUT2D eigenvalue weighted by Crippen LogP contribution is 2.23. The fourth-order valence-electron chi connectivity index (χ4n) is 4.21. The summed E-state index contributed by atoms with van der Waals surface area (Å²) >= 11 is 0. The second-order valence-corrected chi connectivity index (χ2v) is 11.2. The van der Waals surface area contributed by atoms with Gasteiger partial charge in [-0.15, -0.1) is 0 Å². The molecule has 1 fully saturated rings. The van der Waals surface area contributed by atoms with Crippen LogP contribution >= 0.6 is 0 Å². The molecule has 190 valence electrons. The van der Waals surface area contributed by atoms with E-state index < -0.39 is 6.04 Å². The summed E-state index contributed by atoms with van der Waals surface area (Å²) in [4.78, 5) is 39.7. The summed E-state index contributed by atoms with van der Waals surface area (Å²) in [6.45, 7) is 19.1. The van der Waals surface area contributed by atoms with Gasteiger partial charge < -0.3 is 15.1 Å². The predicted octanol–water partition coefficient (Wildman–Crippen LogP) is 4.31. The van der Waals surface area contributed by atoms with Crippen LogP contribution in [0.3, 0.4) is 0 Å². The maximum Gasteiger partial charge on any atom is 0.251 e. The van der Waals surface area contributed by atoms with Gasteiger partial charge in [-0.1, -0.05) is 60.6 Å². The lowest BCUT2D eigenvalue weighted by Crippen LogP contribution is -2.56. The number of nitrogens with zero attached hydrogens (tertiary/aromatic N) is 4. The maximum absolute atomic E-state index is 13.4. The first-order valence-corrected chi connectivity index (χ1v) is 12.7. The molecule has 0 spiro atoms. The van der Waals surface area contributed by atoms with E-state index in [0.717, 1.165) is 17.3 Å². The lowest BCUT2D eigenvalue weighted by Gasteiger charge is -2.38. The molecule has 0 saturated carbocycles. The molecule has 2 heterocycles. The number of nitrogens with one attached hydrogen (secondary N) is 1. The van der Waals surface area contributed by atoms with Crippen molar-refractivity contribution >= 4 is 17.6 Å². The van der Waals surface area contributed by atoms with Crippen molar-refractivity contribution < 1.29 is 9.59 Å². The highest BCUT2D eigenvalue weighted by atomic mass is 16.2. The molecule has 2 aromatic rings. The van der Waals surface area contributed by atoms with Crippen LogP contribution in [0.25, 0.3) is 0 Å². The van der Waals surface area contributed by atoms with Crippen LogP contribution in [0.15, 0.2) is 30.3 Å². The van der Waals surface area contributed by atoms with Gasteiger partial charge in [0.1, 0.15) is 17.7 Å². The molecule has 1 aliphatic rings. The van der Waals surface area contributed by atoms with Gasteiger partial charge in [-0.25, -0.2) is 9.97 Å². The van der Waals surface area contributed by atoms with Gasteiger partial charge in [-0.2, -0.15) is 0 Å². The van der Waals surface area contributed by atoms with Crippen LogP contribution < -0.4 is 10.2 Å². The van der Waals surface area contributed by atoms with Crippen molar-refractivity contribution in [3.8, 4) is 0 Å². The molecule has 1 saturated heterocycles. The summed E-state index contributed by atoms with van der Waals surface area (Å²) in [6.07, 6.45) is 0. The Balaban J connectivity index is 1.65. The predicted molar refractivity (Wildman–Crippen MR) is 141 cm³/mol. The van der Waals surface area contributed by atoms with Crippen LogP contribution in [0.5, 0.6) is 0 Å². The zero-order chi connectivity index (χ0) is 25.9. The Kier molecular flexibility index (Phi) is 8.18. The molecule has 1 N–H and O–H groups in total. The fraction of sp³-hybridized carbons (Fsp3) is 0.571. The molecule has 1 aromatic carbocycles. The van der Waals surface area contributed by atoms with Gasteiger partial charge in [-0.05, 0) is 36.0 Å². The first-order chi connectivity index (χ1) is 16.4. The summed E-state index contributed by atoms with van der Waals surface area (Å²) in [6, 6.07) is 9.09. The Bertz CT molecular complexity index is 1030. The number of hydrogen-bond donors (Lipinski definition) is 1. The standard InChI is InChI=1S/C28H41N5O2/c1-18(2)24(31-26(34)21-9-11-22(12-10-21)28(6,7)8)27(35)33-15-13-32(14-16-33)23-17-20(5)29-25(30-23)19(3)4/h9-12,17-19,24H,13-16H2,1-8H3,(H,31,34)/t24-/m0/s1. The van der Waals surface area contributed by atoms with E-state index in [9.17, 15) is 9.59 Å². The third-order valence-electron chi connectivity index (χ3n) is 6.52. The van der Waals surface area contributed by atoms with E-state index in [0.29, 0.717) is 31.7 Å². The zero-order valence-electron chi connectivity index (χ0n) is 22.6. The quantitative estimate of drug-likeness (QED) is 0.668. The summed E-state index contributed by atoms with van der Waals surface area (Å²) < 4.78 is 0. The van der Waals surface area contributed by atoms with Gasteiger partial charge in [0.05, 0.1) is 0 Å². The molecular formula is C28H41N5O2. The molecule has 2 amide bonds. The Labute approximate surface area is 210 Å². The van der Waals surface area contributed by atoms with Crippen LogP contribution in [0.2, 0.25) is 0 Å². The van der Waals surface area contributed by atoms with E-state index >= 15 is 0 Å². The Morgan fingerprint density at radius 2 is 1.54 bits per heavy atom. The fourth-order valence-corrected chi connectivity index (χ4v) is 4.21. The SMILES string of the molecule is Cc1cc(N2CCN(C(=O)[C@@H](NC(=O)c3ccc(C(C)(C)C)cc3)C(C)C)CC2)nc(C(C)C)n1. The van der Waals surface area contributed by atoms with Crippen molar-refractivity contribution in [2.24, 2.45) is 5.92 Å². The van der Waals surface area contributed by atoms with Crippen molar-refractivity contribution in [2.75, 3.05) is 31.1 Å². The van der Waals surface area contributed by atoms with Crippen molar-refractivity contribution in [3.05, 3.63) is 53.0 Å². The second-order valence-electron chi connectivity index (χ2n) is 11.2. The molecule has 35 heavy (non-hydrogen) atoms. The number of anilines is 1. The number of aromatic nitrogens is 2. The van der Waals surface area contributed by atoms with Gasteiger partial charge >= 0.3 is 0 Å². The van der Waals surface area contributed by atoms with Crippen LogP contribution in [-0.4, -0.2) is 58.9 Å². The van der Waals surface area contributed by atoms with Crippen molar-refractivity contribution in [1.82, 2.24) is 20.2 Å². The minimum Gasteiger partial charge on any atom is -0.353 e. The number of aryl methyl sites for hydroxylation is 1. The van der Waals surface area contributed by atoms with E-state index in [4.69, 9.17) is 4.98 Å².